The van der Waals surface area contributed by atoms with Crippen molar-refractivity contribution in [3.05, 3.63) is 59.9 Å². The first-order chi connectivity index (χ1) is 11.4. The number of ketones is 1. The number of rotatable bonds is 5. The minimum absolute atomic E-state index is 0.115. The van der Waals surface area contributed by atoms with Gasteiger partial charge in [0.05, 0.1) is 0 Å². The Kier molecular flexibility index (Phi) is 5.42. The highest BCUT2D eigenvalue weighted by molar-refractivity contribution is 6.02. The Labute approximate surface area is 139 Å². The third-order valence-electron chi connectivity index (χ3n) is 3.35. The van der Waals surface area contributed by atoms with Crippen molar-refractivity contribution in [1.29, 1.82) is 0 Å². The summed E-state index contributed by atoms with van der Waals surface area (Å²) in [5.41, 5.74) is 1.23. The van der Waals surface area contributed by atoms with Crippen molar-refractivity contribution in [1.82, 2.24) is 0 Å². The number of hydrogen-bond acceptors (Lipinski definition) is 3. The second-order valence-electron chi connectivity index (χ2n) is 5.27. The maximum Gasteiger partial charge on any atom is 0.244 e. The second-order valence-corrected chi connectivity index (χ2v) is 5.27. The van der Waals surface area contributed by atoms with Gasteiger partial charge in [-0.15, -0.1) is 0 Å². The summed E-state index contributed by atoms with van der Waals surface area (Å²) in [5, 5.41) is 2.63. The first-order valence-electron chi connectivity index (χ1n) is 7.31. The van der Waals surface area contributed by atoms with E-state index in [1.807, 2.05) is 0 Å². The van der Waals surface area contributed by atoms with E-state index in [4.69, 9.17) is 0 Å². The van der Waals surface area contributed by atoms with Crippen LogP contribution in [0.4, 0.5) is 15.8 Å². The smallest absolute Gasteiger partial charge is 0.244 e. The second kappa shape index (κ2) is 7.50. The lowest BCUT2D eigenvalue weighted by Crippen LogP contribution is -2.36. The molecule has 0 aliphatic carbocycles. The summed E-state index contributed by atoms with van der Waals surface area (Å²) in [6.45, 7) is 2.47. The fourth-order valence-corrected chi connectivity index (χ4v) is 2.19. The molecule has 0 bridgehead atoms. The third kappa shape index (κ3) is 4.49. The molecule has 0 aliphatic rings. The molecule has 0 saturated heterocycles. The Hall–Kier alpha value is -3.02. The van der Waals surface area contributed by atoms with Crippen LogP contribution in [0.25, 0.3) is 0 Å². The molecule has 124 valence electrons. The van der Waals surface area contributed by atoms with E-state index in [0.717, 1.165) is 0 Å². The largest absolute Gasteiger partial charge is 0.325 e. The van der Waals surface area contributed by atoms with Crippen molar-refractivity contribution < 1.29 is 18.8 Å². The first kappa shape index (κ1) is 17.3. The Morgan fingerprint density at radius 1 is 1.04 bits per heavy atom. The lowest BCUT2D eigenvalue weighted by atomic mass is 10.1. The Balaban J connectivity index is 2.13. The molecule has 0 spiro atoms. The SMILES string of the molecule is CC(=O)c1cccc(NC(=O)CN(C(C)=O)c2cccc(F)c2)c1. The van der Waals surface area contributed by atoms with Gasteiger partial charge in [0, 0.05) is 23.9 Å². The normalized spacial score (nSPS) is 10.1. The molecule has 6 heteroatoms. The predicted molar refractivity (Wildman–Crippen MR) is 89.5 cm³/mol. The molecule has 0 heterocycles. The molecule has 0 unspecified atom stereocenters. The van der Waals surface area contributed by atoms with E-state index in [-0.39, 0.29) is 18.2 Å². The standard InChI is InChI=1S/C18H17FN2O3/c1-12(22)14-5-3-7-16(9-14)20-18(24)11-21(13(2)23)17-8-4-6-15(19)10-17/h3-10H,11H2,1-2H3,(H,20,24). The van der Waals surface area contributed by atoms with Crippen LogP contribution in [0.2, 0.25) is 0 Å². The van der Waals surface area contributed by atoms with Crippen LogP contribution in [0, 0.1) is 5.82 Å². The van der Waals surface area contributed by atoms with Crippen molar-refractivity contribution in [2.45, 2.75) is 13.8 Å². The van der Waals surface area contributed by atoms with Gasteiger partial charge in [0.15, 0.2) is 5.78 Å². The molecular weight excluding hydrogens is 311 g/mol. The summed E-state index contributed by atoms with van der Waals surface area (Å²) in [4.78, 5) is 36.5. The molecule has 0 aromatic heterocycles. The maximum atomic E-state index is 13.3. The van der Waals surface area contributed by atoms with Crippen LogP contribution in [0.5, 0.6) is 0 Å². The van der Waals surface area contributed by atoms with Gasteiger partial charge in [-0.05, 0) is 37.3 Å². The van der Waals surface area contributed by atoms with Crippen molar-refractivity contribution in [3.8, 4) is 0 Å². The van der Waals surface area contributed by atoms with Crippen LogP contribution in [-0.4, -0.2) is 24.1 Å². The number of benzene rings is 2. The summed E-state index contributed by atoms with van der Waals surface area (Å²) in [6.07, 6.45) is 0. The van der Waals surface area contributed by atoms with Crippen molar-refractivity contribution >= 4 is 29.0 Å². The number of anilines is 2. The van der Waals surface area contributed by atoms with E-state index in [9.17, 15) is 18.8 Å². The zero-order valence-electron chi connectivity index (χ0n) is 13.4. The molecule has 5 nitrogen and oxygen atoms in total. The van der Waals surface area contributed by atoms with E-state index >= 15 is 0 Å². The Morgan fingerprint density at radius 3 is 2.38 bits per heavy atom. The first-order valence-corrected chi connectivity index (χ1v) is 7.31. The highest BCUT2D eigenvalue weighted by Gasteiger charge is 2.16. The van der Waals surface area contributed by atoms with Crippen LogP contribution in [0.1, 0.15) is 24.2 Å². The molecule has 0 radical (unpaired) electrons. The minimum atomic E-state index is -0.492. The van der Waals surface area contributed by atoms with Crippen LogP contribution in [0.3, 0.4) is 0 Å². The van der Waals surface area contributed by atoms with Gasteiger partial charge in [-0.2, -0.15) is 0 Å². The van der Waals surface area contributed by atoms with E-state index in [2.05, 4.69) is 5.32 Å². The van der Waals surface area contributed by atoms with E-state index in [1.165, 1.54) is 36.9 Å². The number of carbonyl (C=O) groups is 3. The van der Waals surface area contributed by atoms with Crippen LogP contribution in [-0.2, 0) is 9.59 Å². The predicted octanol–water partition coefficient (Wildman–Crippen LogP) is 3.02. The number of nitrogens with one attached hydrogen (secondary N) is 1. The number of carbonyl (C=O) groups excluding carboxylic acids is 3. The van der Waals surface area contributed by atoms with Gasteiger partial charge in [-0.1, -0.05) is 18.2 Å². The third-order valence-corrected chi connectivity index (χ3v) is 3.35. The molecule has 2 rings (SSSR count). The summed E-state index contributed by atoms with van der Waals surface area (Å²) < 4.78 is 13.3. The fraction of sp³-hybridized carbons (Fsp3) is 0.167. The topological polar surface area (TPSA) is 66.5 Å². The van der Waals surface area contributed by atoms with Gasteiger partial charge in [-0.3, -0.25) is 14.4 Å². The minimum Gasteiger partial charge on any atom is -0.325 e. The molecule has 0 fully saturated rings. The number of hydrogen-bond donors (Lipinski definition) is 1. The zero-order chi connectivity index (χ0) is 17.7. The maximum absolute atomic E-state index is 13.3. The van der Waals surface area contributed by atoms with Crippen molar-refractivity contribution in [3.63, 3.8) is 0 Å². The molecule has 0 aliphatic heterocycles. The van der Waals surface area contributed by atoms with E-state index in [1.54, 1.807) is 30.3 Å². The van der Waals surface area contributed by atoms with E-state index < -0.39 is 11.7 Å². The Morgan fingerprint density at radius 2 is 1.75 bits per heavy atom. The molecule has 2 aromatic carbocycles. The van der Waals surface area contributed by atoms with Crippen LogP contribution < -0.4 is 10.2 Å². The van der Waals surface area contributed by atoms with Gasteiger partial charge in [0.2, 0.25) is 11.8 Å². The van der Waals surface area contributed by atoms with Crippen LogP contribution in [0.15, 0.2) is 48.5 Å². The molecule has 0 atom stereocenters. The van der Waals surface area contributed by atoms with Crippen LogP contribution >= 0.6 is 0 Å². The highest BCUT2D eigenvalue weighted by atomic mass is 19.1. The van der Waals surface area contributed by atoms with E-state index in [0.29, 0.717) is 16.9 Å². The highest BCUT2D eigenvalue weighted by Crippen LogP contribution is 2.16. The van der Waals surface area contributed by atoms with Gasteiger partial charge >= 0.3 is 0 Å². The number of halogens is 1. The molecule has 0 saturated carbocycles. The summed E-state index contributed by atoms with van der Waals surface area (Å²) in [7, 11) is 0. The molecule has 1 N–H and O–H groups in total. The van der Waals surface area contributed by atoms with Gasteiger partial charge < -0.3 is 10.2 Å². The zero-order valence-corrected chi connectivity index (χ0v) is 13.4. The average Bonchev–Trinajstić information content (AvgIpc) is 2.52. The fourth-order valence-electron chi connectivity index (χ4n) is 2.19. The number of Topliss-reactive ketones (excluding diaryl/α,β-unsaturated/α-hetero) is 1. The van der Waals surface area contributed by atoms with Crippen molar-refractivity contribution in [2.24, 2.45) is 0 Å². The lowest BCUT2D eigenvalue weighted by molar-refractivity contribution is -0.120. The van der Waals surface area contributed by atoms with Gasteiger partial charge in [-0.25, -0.2) is 4.39 Å². The number of nitrogens with zero attached hydrogens (tertiary/aromatic N) is 1. The summed E-state index contributed by atoms with van der Waals surface area (Å²) in [5.74, 6) is -1.44. The average molecular weight is 328 g/mol. The van der Waals surface area contributed by atoms with Crippen molar-refractivity contribution in [2.75, 3.05) is 16.8 Å². The van der Waals surface area contributed by atoms with Gasteiger partial charge in [0.1, 0.15) is 12.4 Å². The molecule has 2 aromatic rings. The number of amides is 2. The van der Waals surface area contributed by atoms with Gasteiger partial charge in [0.25, 0.3) is 0 Å². The molecule has 2 amide bonds. The Bertz CT molecular complexity index is 789. The monoisotopic (exact) mass is 328 g/mol. The molecular formula is C18H17FN2O3. The quantitative estimate of drug-likeness (QED) is 0.858. The molecule has 24 heavy (non-hydrogen) atoms. The lowest BCUT2D eigenvalue weighted by Gasteiger charge is -2.20. The summed E-state index contributed by atoms with van der Waals surface area (Å²) in [6, 6.07) is 12.0. The summed E-state index contributed by atoms with van der Waals surface area (Å²) >= 11 is 0.